The molecule has 0 saturated heterocycles. The van der Waals surface area contributed by atoms with Crippen LogP contribution in [-0.2, 0) is 10.0 Å². The molecule has 0 bridgehead atoms. The van der Waals surface area contributed by atoms with Gasteiger partial charge in [0.2, 0.25) is 10.0 Å². The Morgan fingerprint density at radius 2 is 2.18 bits per heavy atom. The molecule has 17 heavy (non-hydrogen) atoms. The maximum atomic E-state index is 11.1. The van der Waals surface area contributed by atoms with Crippen molar-refractivity contribution in [1.29, 1.82) is 0 Å². The van der Waals surface area contributed by atoms with Crippen LogP contribution in [-0.4, -0.2) is 42.7 Å². The number of nitrogens with two attached hydrogens (primary N) is 1. The van der Waals surface area contributed by atoms with E-state index in [0.29, 0.717) is 11.5 Å². The Kier molecular flexibility index (Phi) is 4.73. The summed E-state index contributed by atoms with van der Waals surface area (Å²) in [4.78, 5) is 8.11. The molecule has 9 heteroatoms. The average molecular weight is 275 g/mol. The van der Waals surface area contributed by atoms with Gasteiger partial charge >= 0.3 is 0 Å². The van der Waals surface area contributed by atoms with E-state index in [9.17, 15) is 8.42 Å². The molecular weight excluding hydrogens is 262 g/mol. The summed E-state index contributed by atoms with van der Waals surface area (Å²) in [7, 11) is -1.85. The van der Waals surface area contributed by atoms with Gasteiger partial charge in [0.05, 0.1) is 18.1 Å². The van der Waals surface area contributed by atoms with Gasteiger partial charge in [-0.25, -0.2) is 23.1 Å². The zero-order valence-corrected chi connectivity index (χ0v) is 10.8. The van der Waals surface area contributed by atoms with Crippen molar-refractivity contribution in [1.82, 2.24) is 14.7 Å². The van der Waals surface area contributed by atoms with Crippen LogP contribution in [0.4, 0.5) is 5.82 Å². The third kappa shape index (κ3) is 4.59. The number of hydrogen-bond donors (Lipinski definition) is 3. The summed E-state index contributed by atoms with van der Waals surface area (Å²) in [5.41, 5.74) is 5.78. The van der Waals surface area contributed by atoms with Gasteiger partial charge in [0.15, 0.2) is 0 Å². The topological polar surface area (TPSA) is 110 Å². The van der Waals surface area contributed by atoms with E-state index in [1.165, 1.54) is 19.4 Å². The van der Waals surface area contributed by atoms with Crippen molar-refractivity contribution in [3.63, 3.8) is 0 Å². The molecule has 1 aromatic rings. The summed E-state index contributed by atoms with van der Waals surface area (Å²) in [6, 6.07) is 0. The highest BCUT2D eigenvalue weighted by Crippen LogP contribution is 2.00. The first-order valence-electron chi connectivity index (χ1n) is 4.71. The number of aromatic nitrogens is 2. The third-order valence-corrected chi connectivity index (χ3v) is 3.46. The van der Waals surface area contributed by atoms with Gasteiger partial charge in [0.1, 0.15) is 16.5 Å². The summed E-state index contributed by atoms with van der Waals surface area (Å²) in [6.07, 6.45) is 2.87. The van der Waals surface area contributed by atoms with Crippen LogP contribution in [0.25, 0.3) is 0 Å². The molecule has 7 nitrogen and oxygen atoms in total. The number of thiocarbonyl (C=S) groups is 1. The molecule has 0 fully saturated rings. The molecule has 0 amide bonds. The summed E-state index contributed by atoms with van der Waals surface area (Å²) >= 11 is 4.72. The quantitative estimate of drug-likeness (QED) is 0.575. The predicted octanol–water partition coefficient (Wildman–Crippen LogP) is -0.928. The standard InChI is InChI=1S/C8H13N5O2S2/c1-10-17(14,15)3-2-11-7-5-12-6(4-13-7)8(9)16/h4-5,10H,2-3H2,1H3,(H2,9,16)(H,11,13). The molecule has 0 saturated carbocycles. The van der Waals surface area contributed by atoms with Crippen molar-refractivity contribution in [3.8, 4) is 0 Å². The SMILES string of the molecule is CNS(=O)(=O)CCNc1cnc(C(N)=S)cn1. The Balaban J connectivity index is 2.51. The minimum Gasteiger partial charge on any atom is -0.388 e. The van der Waals surface area contributed by atoms with Gasteiger partial charge < -0.3 is 11.1 Å². The zero-order chi connectivity index (χ0) is 12.9. The Hall–Kier alpha value is -1.32. The monoisotopic (exact) mass is 275 g/mol. The normalized spacial score (nSPS) is 11.1. The first-order valence-corrected chi connectivity index (χ1v) is 6.77. The largest absolute Gasteiger partial charge is 0.388 e. The summed E-state index contributed by atoms with van der Waals surface area (Å²) in [5.74, 6) is 0.429. The molecule has 0 atom stereocenters. The van der Waals surface area contributed by atoms with Gasteiger partial charge in [-0.3, -0.25) is 0 Å². The number of nitrogens with one attached hydrogen (secondary N) is 2. The highest BCUT2D eigenvalue weighted by Gasteiger charge is 2.06. The Morgan fingerprint density at radius 1 is 1.47 bits per heavy atom. The second-order valence-electron chi connectivity index (χ2n) is 3.10. The Labute approximate surface area is 105 Å². The Bertz CT molecular complexity index is 485. The van der Waals surface area contributed by atoms with E-state index in [-0.39, 0.29) is 17.3 Å². The van der Waals surface area contributed by atoms with Crippen LogP contribution < -0.4 is 15.8 Å². The Morgan fingerprint density at radius 3 is 2.65 bits per heavy atom. The van der Waals surface area contributed by atoms with E-state index in [0.717, 1.165) is 0 Å². The third-order valence-electron chi connectivity index (χ3n) is 1.89. The van der Waals surface area contributed by atoms with E-state index >= 15 is 0 Å². The van der Waals surface area contributed by atoms with E-state index in [1.54, 1.807) is 0 Å². The molecule has 0 spiro atoms. The van der Waals surface area contributed by atoms with Crippen LogP contribution >= 0.6 is 12.2 Å². The van der Waals surface area contributed by atoms with Gasteiger partial charge in [-0.2, -0.15) is 0 Å². The van der Waals surface area contributed by atoms with Gasteiger partial charge in [0, 0.05) is 6.54 Å². The minimum absolute atomic E-state index is 0.0395. The van der Waals surface area contributed by atoms with Gasteiger partial charge in [-0.05, 0) is 7.05 Å². The van der Waals surface area contributed by atoms with Crippen molar-refractivity contribution in [2.75, 3.05) is 24.7 Å². The van der Waals surface area contributed by atoms with Crippen LogP contribution in [0.1, 0.15) is 5.69 Å². The first kappa shape index (κ1) is 13.7. The molecule has 0 unspecified atom stereocenters. The van der Waals surface area contributed by atoms with Crippen LogP contribution in [0.5, 0.6) is 0 Å². The number of sulfonamides is 1. The number of hydrogen-bond acceptors (Lipinski definition) is 6. The second-order valence-corrected chi connectivity index (χ2v) is 5.59. The number of nitrogens with zero attached hydrogens (tertiary/aromatic N) is 2. The minimum atomic E-state index is -3.21. The van der Waals surface area contributed by atoms with Crippen molar-refractivity contribution in [2.45, 2.75) is 0 Å². The number of anilines is 1. The zero-order valence-electron chi connectivity index (χ0n) is 9.17. The van der Waals surface area contributed by atoms with E-state index in [1.807, 2.05) is 0 Å². The molecule has 1 aromatic heterocycles. The van der Waals surface area contributed by atoms with Crippen molar-refractivity contribution in [2.24, 2.45) is 5.73 Å². The maximum Gasteiger partial charge on any atom is 0.213 e. The van der Waals surface area contributed by atoms with E-state index < -0.39 is 10.0 Å². The summed E-state index contributed by atoms with van der Waals surface area (Å²) < 4.78 is 24.4. The molecule has 0 aliphatic carbocycles. The summed E-state index contributed by atoms with van der Waals surface area (Å²) in [6.45, 7) is 0.240. The van der Waals surface area contributed by atoms with E-state index in [4.69, 9.17) is 18.0 Å². The van der Waals surface area contributed by atoms with Gasteiger partial charge in [-0.1, -0.05) is 12.2 Å². The smallest absolute Gasteiger partial charge is 0.213 e. The fourth-order valence-electron chi connectivity index (χ4n) is 0.962. The molecule has 0 radical (unpaired) electrons. The van der Waals surface area contributed by atoms with Crippen LogP contribution in [0, 0.1) is 0 Å². The highest BCUT2D eigenvalue weighted by molar-refractivity contribution is 7.89. The van der Waals surface area contributed by atoms with E-state index in [2.05, 4.69) is 20.0 Å². The van der Waals surface area contributed by atoms with Crippen molar-refractivity contribution in [3.05, 3.63) is 18.1 Å². The summed E-state index contributed by atoms with van der Waals surface area (Å²) in [5, 5.41) is 2.82. The molecule has 0 aromatic carbocycles. The fourth-order valence-corrected chi connectivity index (χ4v) is 1.64. The molecule has 1 rings (SSSR count). The molecule has 0 aliphatic rings. The van der Waals surface area contributed by atoms with Crippen molar-refractivity contribution < 1.29 is 8.42 Å². The van der Waals surface area contributed by atoms with Gasteiger partial charge in [0.25, 0.3) is 0 Å². The lowest BCUT2D eigenvalue weighted by atomic mass is 10.4. The first-order chi connectivity index (χ1) is 7.94. The second kappa shape index (κ2) is 5.84. The average Bonchev–Trinajstić information content (AvgIpc) is 2.29. The predicted molar refractivity (Wildman–Crippen MR) is 69.3 cm³/mol. The lowest BCUT2D eigenvalue weighted by molar-refractivity contribution is 0.588. The van der Waals surface area contributed by atoms with Gasteiger partial charge in [-0.15, -0.1) is 0 Å². The lowest BCUT2D eigenvalue weighted by Crippen LogP contribution is -2.26. The lowest BCUT2D eigenvalue weighted by Gasteiger charge is -2.05. The molecule has 94 valence electrons. The molecule has 0 aliphatic heterocycles. The highest BCUT2D eigenvalue weighted by atomic mass is 32.2. The maximum absolute atomic E-state index is 11.1. The van der Waals surface area contributed by atoms with Crippen LogP contribution in [0.2, 0.25) is 0 Å². The molecular formula is C8H13N5O2S2. The molecule has 4 N–H and O–H groups in total. The van der Waals surface area contributed by atoms with Crippen LogP contribution in [0.15, 0.2) is 12.4 Å². The number of rotatable bonds is 6. The van der Waals surface area contributed by atoms with Crippen molar-refractivity contribution >= 4 is 33.0 Å². The molecule has 1 heterocycles. The fraction of sp³-hybridized carbons (Fsp3) is 0.375. The van der Waals surface area contributed by atoms with Crippen LogP contribution in [0.3, 0.4) is 0 Å².